The SMILES string of the molecule is CN(C)c1ncccc1O[C@@H]1CCN(C(=O)[C@H]2CC=CCC2)C1. The van der Waals surface area contributed by atoms with Crippen LogP contribution in [0.25, 0.3) is 0 Å². The molecule has 5 heteroatoms. The first kappa shape index (κ1) is 15.8. The zero-order valence-corrected chi connectivity index (χ0v) is 13.9. The van der Waals surface area contributed by atoms with Crippen LogP contribution in [0.5, 0.6) is 5.75 Å². The van der Waals surface area contributed by atoms with Crippen molar-refractivity contribution < 1.29 is 9.53 Å². The van der Waals surface area contributed by atoms with E-state index in [1.807, 2.05) is 36.0 Å². The standard InChI is InChI=1S/C18H25N3O2/c1-20(2)17-16(9-6-11-19-17)23-15-10-12-21(13-15)18(22)14-7-4-3-5-8-14/h3-4,6,9,11,14-15H,5,7-8,10,12-13H2,1-2H3/t14-,15+/m0/s1. The molecule has 1 aliphatic carbocycles. The molecule has 0 unspecified atom stereocenters. The molecule has 0 aromatic carbocycles. The average Bonchev–Trinajstić information content (AvgIpc) is 3.04. The number of amides is 1. The molecule has 0 saturated carbocycles. The van der Waals surface area contributed by atoms with Gasteiger partial charge in [-0.25, -0.2) is 4.98 Å². The summed E-state index contributed by atoms with van der Waals surface area (Å²) in [4.78, 5) is 20.9. The van der Waals surface area contributed by atoms with Crippen LogP contribution in [0.1, 0.15) is 25.7 Å². The Morgan fingerprint density at radius 3 is 2.96 bits per heavy atom. The predicted molar refractivity (Wildman–Crippen MR) is 90.7 cm³/mol. The lowest BCUT2D eigenvalue weighted by molar-refractivity contribution is -0.135. The fraction of sp³-hybridized carbons (Fsp3) is 0.556. The molecule has 0 N–H and O–H groups in total. The monoisotopic (exact) mass is 315 g/mol. The van der Waals surface area contributed by atoms with Crippen molar-refractivity contribution in [3.8, 4) is 5.75 Å². The summed E-state index contributed by atoms with van der Waals surface area (Å²) in [7, 11) is 3.91. The lowest BCUT2D eigenvalue weighted by atomic mass is 9.93. The zero-order chi connectivity index (χ0) is 16.2. The van der Waals surface area contributed by atoms with Gasteiger partial charge in [0, 0.05) is 39.2 Å². The molecule has 0 radical (unpaired) electrons. The second kappa shape index (κ2) is 7.02. The van der Waals surface area contributed by atoms with Gasteiger partial charge in [-0.05, 0) is 31.4 Å². The van der Waals surface area contributed by atoms with Crippen molar-refractivity contribution in [3.05, 3.63) is 30.5 Å². The highest BCUT2D eigenvalue weighted by Crippen LogP contribution is 2.28. The fourth-order valence-electron chi connectivity index (χ4n) is 3.29. The summed E-state index contributed by atoms with van der Waals surface area (Å²) in [5.41, 5.74) is 0. The molecule has 2 aliphatic rings. The Morgan fingerprint density at radius 1 is 1.35 bits per heavy atom. The first-order valence-electron chi connectivity index (χ1n) is 8.38. The van der Waals surface area contributed by atoms with Crippen LogP contribution in [0.3, 0.4) is 0 Å². The molecule has 2 heterocycles. The number of rotatable bonds is 4. The van der Waals surface area contributed by atoms with Gasteiger partial charge in [0.25, 0.3) is 0 Å². The molecule has 2 atom stereocenters. The number of anilines is 1. The summed E-state index contributed by atoms with van der Waals surface area (Å²) in [6.45, 7) is 1.47. The van der Waals surface area contributed by atoms with E-state index in [0.717, 1.165) is 43.8 Å². The third-order valence-electron chi connectivity index (χ3n) is 4.54. The molecule has 1 aromatic rings. The van der Waals surface area contributed by atoms with Crippen molar-refractivity contribution >= 4 is 11.7 Å². The third-order valence-corrected chi connectivity index (χ3v) is 4.54. The molecular weight excluding hydrogens is 290 g/mol. The van der Waals surface area contributed by atoms with Crippen LogP contribution in [-0.4, -0.2) is 49.1 Å². The molecule has 1 aliphatic heterocycles. The van der Waals surface area contributed by atoms with E-state index in [4.69, 9.17) is 4.74 Å². The van der Waals surface area contributed by atoms with Crippen LogP contribution in [0.2, 0.25) is 0 Å². The number of pyridine rings is 1. The minimum atomic E-state index is 0.0565. The number of likely N-dealkylation sites (tertiary alicyclic amines) is 1. The number of allylic oxidation sites excluding steroid dienone is 2. The van der Waals surface area contributed by atoms with E-state index in [9.17, 15) is 4.79 Å². The number of nitrogens with zero attached hydrogens (tertiary/aromatic N) is 3. The van der Waals surface area contributed by atoms with E-state index in [1.54, 1.807) is 6.20 Å². The second-order valence-electron chi connectivity index (χ2n) is 6.51. The highest BCUT2D eigenvalue weighted by atomic mass is 16.5. The molecule has 0 bridgehead atoms. The molecule has 1 saturated heterocycles. The number of hydrogen-bond acceptors (Lipinski definition) is 4. The van der Waals surface area contributed by atoms with Crippen molar-refractivity contribution in [3.63, 3.8) is 0 Å². The molecule has 5 nitrogen and oxygen atoms in total. The number of aromatic nitrogens is 1. The lowest BCUT2D eigenvalue weighted by Crippen LogP contribution is -2.36. The van der Waals surface area contributed by atoms with Crippen molar-refractivity contribution in [2.75, 3.05) is 32.1 Å². The van der Waals surface area contributed by atoms with Gasteiger partial charge in [0.15, 0.2) is 11.6 Å². The van der Waals surface area contributed by atoms with E-state index in [2.05, 4.69) is 17.1 Å². The van der Waals surface area contributed by atoms with Crippen LogP contribution in [0, 0.1) is 5.92 Å². The van der Waals surface area contributed by atoms with Gasteiger partial charge in [-0.15, -0.1) is 0 Å². The Bertz CT molecular complexity index is 585. The van der Waals surface area contributed by atoms with Crippen LogP contribution >= 0.6 is 0 Å². The Balaban J connectivity index is 1.60. The fourth-order valence-corrected chi connectivity index (χ4v) is 3.29. The average molecular weight is 315 g/mol. The molecule has 23 heavy (non-hydrogen) atoms. The first-order valence-corrected chi connectivity index (χ1v) is 8.38. The van der Waals surface area contributed by atoms with Gasteiger partial charge in [-0.2, -0.15) is 0 Å². The first-order chi connectivity index (χ1) is 11.1. The number of carbonyl (C=O) groups excluding carboxylic acids is 1. The van der Waals surface area contributed by atoms with Gasteiger partial charge in [0.05, 0.1) is 6.54 Å². The van der Waals surface area contributed by atoms with Crippen molar-refractivity contribution in [1.82, 2.24) is 9.88 Å². The summed E-state index contributed by atoms with van der Waals surface area (Å²) in [5, 5.41) is 0. The zero-order valence-electron chi connectivity index (χ0n) is 13.9. The second-order valence-corrected chi connectivity index (χ2v) is 6.51. The summed E-state index contributed by atoms with van der Waals surface area (Å²) in [6.07, 6.45) is 9.89. The summed E-state index contributed by atoms with van der Waals surface area (Å²) >= 11 is 0. The number of ether oxygens (including phenoxy) is 1. The van der Waals surface area contributed by atoms with Crippen LogP contribution in [-0.2, 0) is 4.79 Å². The van der Waals surface area contributed by atoms with Gasteiger partial charge in [-0.3, -0.25) is 4.79 Å². The largest absolute Gasteiger partial charge is 0.485 e. The predicted octanol–water partition coefficient (Wildman–Crippen LogP) is 2.48. The van der Waals surface area contributed by atoms with Crippen molar-refractivity contribution in [2.45, 2.75) is 31.8 Å². The summed E-state index contributed by atoms with van der Waals surface area (Å²) in [5.74, 6) is 2.07. The lowest BCUT2D eigenvalue weighted by Gasteiger charge is -2.24. The third kappa shape index (κ3) is 3.66. The molecule has 3 rings (SSSR count). The topological polar surface area (TPSA) is 45.7 Å². The van der Waals surface area contributed by atoms with E-state index in [-0.39, 0.29) is 12.0 Å². The van der Waals surface area contributed by atoms with Crippen molar-refractivity contribution in [1.29, 1.82) is 0 Å². The van der Waals surface area contributed by atoms with Crippen LogP contribution in [0.4, 0.5) is 5.82 Å². The van der Waals surface area contributed by atoms with Gasteiger partial charge in [0.2, 0.25) is 5.91 Å². The molecule has 1 amide bonds. The van der Waals surface area contributed by atoms with E-state index >= 15 is 0 Å². The number of carbonyl (C=O) groups is 1. The van der Waals surface area contributed by atoms with E-state index < -0.39 is 0 Å². The summed E-state index contributed by atoms with van der Waals surface area (Å²) in [6, 6.07) is 3.83. The van der Waals surface area contributed by atoms with Crippen molar-refractivity contribution in [2.24, 2.45) is 5.92 Å². The molecule has 1 fully saturated rings. The van der Waals surface area contributed by atoms with Crippen LogP contribution in [0.15, 0.2) is 30.5 Å². The normalized spacial score (nSPS) is 23.8. The molecule has 124 valence electrons. The molecule has 0 spiro atoms. The van der Waals surface area contributed by atoms with E-state index in [1.165, 1.54) is 0 Å². The molecular formula is C18H25N3O2. The highest BCUT2D eigenvalue weighted by Gasteiger charge is 2.32. The Kier molecular flexibility index (Phi) is 4.84. The molecule has 1 aromatic heterocycles. The van der Waals surface area contributed by atoms with Gasteiger partial charge < -0.3 is 14.5 Å². The van der Waals surface area contributed by atoms with Gasteiger partial charge >= 0.3 is 0 Å². The number of hydrogen-bond donors (Lipinski definition) is 0. The maximum atomic E-state index is 12.6. The quantitative estimate of drug-likeness (QED) is 0.801. The Labute approximate surface area is 137 Å². The Hall–Kier alpha value is -2.04. The maximum absolute atomic E-state index is 12.6. The summed E-state index contributed by atoms with van der Waals surface area (Å²) < 4.78 is 6.12. The van der Waals surface area contributed by atoms with Gasteiger partial charge in [-0.1, -0.05) is 12.2 Å². The highest BCUT2D eigenvalue weighted by molar-refractivity contribution is 5.79. The minimum absolute atomic E-state index is 0.0565. The maximum Gasteiger partial charge on any atom is 0.226 e. The van der Waals surface area contributed by atoms with Gasteiger partial charge in [0.1, 0.15) is 6.10 Å². The Morgan fingerprint density at radius 2 is 2.22 bits per heavy atom. The van der Waals surface area contributed by atoms with Crippen LogP contribution < -0.4 is 9.64 Å². The minimum Gasteiger partial charge on any atom is -0.485 e. The van der Waals surface area contributed by atoms with E-state index in [0.29, 0.717) is 12.5 Å². The smallest absolute Gasteiger partial charge is 0.226 e.